The molecule has 1 amide bonds. The Hall–Kier alpha value is -2.07. The lowest BCUT2D eigenvalue weighted by Crippen LogP contribution is -2.30. The Labute approximate surface area is 116 Å². The summed E-state index contributed by atoms with van der Waals surface area (Å²) in [6, 6.07) is 8.12. The second kappa shape index (κ2) is 5.71. The molecule has 0 aliphatic carbocycles. The van der Waals surface area contributed by atoms with Crippen LogP contribution < -0.4 is 4.90 Å². The standard InChI is InChI=1S/C14H13ClN2O2/c1-2-17(10-4-3-5-11(18)8-10)14(19)12-6-7-16-9-13(12)15/h3-9,18H,2H2,1H3. The minimum Gasteiger partial charge on any atom is -0.508 e. The van der Waals surface area contributed by atoms with Crippen LogP contribution in [0, 0.1) is 0 Å². The Morgan fingerprint density at radius 1 is 1.42 bits per heavy atom. The monoisotopic (exact) mass is 276 g/mol. The highest BCUT2D eigenvalue weighted by Gasteiger charge is 2.18. The molecule has 0 aliphatic heterocycles. The number of aromatic hydroxyl groups is 1. The molecule has 1 N–H and O–H groups in total. The van der Waals surface area contributed by atoms with Gasteiger partial charge >= 0.3 is 0 Å². The van der Waals surface area contributed by atoms with Crippen molar-refractivity contribution >= 4 is 23.2 Å². The van der Waals surface area contributed by atoms with Crippen LogP contribution in [0.4, 0.5) is 5.69 Å². The zero-order valence-corrected chi connectivity index (χ0v) is 11.1. The zero-order valence-electron chi connectivity index (χ0n) is 10.4. The number of nitrogens with zero attached hydrogens (tertiary/aromatic N) is 2. The van der Waals surface area contributed by atoms with E-state index in [1.807, 2.05) is 6.92 Å². The minimum atomic E-state index is -0.222. The van der Waals surface area contributed by atoms with Gasteiger partial charge in [-0.15, -0.1) is 0 Å². The quantitative estimate of drug-likeness (QED) is 0.937. The van der Waals surface area contributed by atoms with Crippen LogP contribution in [-0.4, -0.2) is 22.5 Å². The van der Waals surface area contributed by atoms with Crippen molar-refractivity contribution in [2.75, 3.05) is 11.4 Å². The number of pyridine rings is 1. The molecule has 2 aromatic rings. The SMILES string of the molecule is CCN(C(=O)c1ccncc1Cl)c1cccc(O)c1. The van der Waals surface area contributed by atoms with E-state index in [4.69, 9.17) is 11.6 Å². The van der Waals surface area contributed by atoms with Crippen molar-refractivity contribution in [2.45, 2.75) is 6.92 Å². The molecule has 4 nitrogen and oxygen atoms in total. The van der Waals surface area contributed by atoms with E-state index >= 15 is 0 Å². The van der Waals surface area contributed by atoms with E-state index < -0.39 is 0 Å². The maximum absolute atomic E-state index is 12.4. The van der Waals surface area contributed by atoms with Gasteiger partial charge in [-0.25, -0.2) is 0 Å². The average molecular weight is 277 g/mol. The molecule has 0 unspecified atom stereocenters. The molecule has 0 aliphatic rings. The molecular formula is C14H13ClN2O2. The van der Waals surface area contributed by atoms with Crippen LogP contribution >= 0.6 is 11.6 Å². The molecule has 0 radical (unpaired) electrons. The van der Waals surface area contributed by atoms with Crippen LogP contribution in [0.1, 0.15) is 17.3 Å². The van der Waals surface area contributed by atoms with E-state index in [9.17, 15) is 9.90 Å². The first kappa shape index (κ1) is 13.4. The van der Waals surface area contributed by atoms with Crippen molar-refractivity contribution in [3.05, 3.63) is 53.3 Å². The molecule has 0 saturated carbocycles. The van der Waals surface area contributed by atoms with Crippen molar-refractivity contribution in [1.29, 1.82) is 0 Å². The van der Waals surface area contributed by atoms with Crippen molar-refractivity contribution in [3.63, 3.8) is 0 Å². The summed E-state index contributed by atoms with van der Waals surface area (Å²) >= 11 is 5.98. The third-order valence-corrected chi connectivity index (χ3v) is 3.01. The number of hydrogen-bond acceptors (Lipinski definition) is 3. The molecule has 19 heavy (non-hydrogen) atoms. The van der Waals surface area contributed by atoms with E-state index in [0.717, 1.165) is 0 Å². The molecule has 2 rings (SSSR count). The van der Waals surface area contributed by atoms with Crippen molar-refractivity contribution in [3.8, 4) is 5.75 Å². The molecular weight excluding hydrogens is 264 g/mol. The van der Waals surface area contributed by atoms with E-state index in [1.54, 1.807) is 29.2 Å². The average Bonchev–Trinajstić information content (AvgIpc) is 2.40. The summed E-state index contributed by atoms with van der Waals surface area (Å²) in [6.07, 6.45) is 2.96. The van der Waals surface area contributed by atoms with Gasteiger partial charge in [0.1, 0.15) is 5.75 Å². The summed E-state index contributed by atoms with van der Waals surface area (Å²) in [6.45, 7) is 2.33. The smallest absolute Gasteiger partial charge is 0.259 e. The first-order valence-electron chi connectivity index (χ1n) is 5.84. The predicted octanol–water partition coefficient (Wildman–Crippen LogP) is 3.11. The maximum atomic E-state index is 12.4. The number of aromatic nitrogens is 1. The van der Waals surface area contributed by atoms with Gasteiger partial charge in [0.2, 0.25) is 0 Å². The second-order valence-corrected chi connectivity index (χ2v) is 4.33. The number of anilines is 1. The fraction of sp³-hybridized carbons (Fsp3) is 0.143. The topological polar surface area (TPSA) is 53.4 Å². The molecule has 0 bridgehead atoms. The first-order valence-corrected chi connectivity index (χ1v) is 6.21. The molecule has 0 saturated heterocycles. The third kappa shape index (κ3) is 2.85. The Morgan fingerprint density at radius 3 is 2.84 bits per heavy atom. The molecule has 0 fully saturated rings. The highest BCUT2D eigenvalue weighted by atomic mass is 35.5. The largest absolute Gasteiger partial charge is 0.508 e. The number of amides is 1. The van der Waals surface area contributed by atoms with Crippen LogP contribution in [-0.2, 0) is 0 Å². The van der Waals surface area contributed by atoms with Crippen molar-refractivity contribution < 1.29 is 9.90 Å². The number of halogens is 1. The lowest BCUT2D eigenvalue weighted by atomic mass is 10.2. The van der Waals surface area contributed by atoms with Crippen LogP contribution in [0.2, 0.25) is 5.02 Å². The van der Waals surface area contributed by atoms with E-state index in [-0.39, 0.29) is 11.7 Å². The fourth-order valence-electron chi connectivity index (χ4n) is 1.80. The number of phenolic OH excluding ortho intramolecular Hbond substituents is 1. The maximum Gasteiger partial charge on any atom is 0.259 e. The van der Waals surface area contributed by atoms with E-state index in [0.29, 0.717) is 22.8 Å². The molecule has 1 aromatic heterocycles. The van der Waals surface area contributed by atoms with Gasteiger partial charge in [0.25, 0.3) is 5.91 Å². The van der Waals surface area contributed by atoms with Crippen molar-refractivity contribution in [1.82, 2.24) is 4.98 Å². The highest BCUT2D eigenvalue weighted by molar-refractivity contribution is 6.34. The van der Waals surface area contributed by atoms with Crippen LogP contribution in [0.25, 0.3) is 0 Å². The summed E-state index contributed by atoms with van der Waals surface area (Å²) in [5, 5.41) is 9.80. The summed E-state index contributed by atoms with van der Waals surface area (Å²) in [5.41, 5.74) is 1.02. The number of phenols is 1. The summed E-state index contributed by atoms with van der Waals surface area (Å²) < 4.78 is 0. The number of hydrogen-bond donors (Lipinski definition) is 1. The molecule has 98 valence electrons. The molecule has 0 atom stereocenters. The van der Waals surface area contributed by atoms with Gasteiger partial charge in [-0.2, -0.15) is 0 Å². The number of rotatable bonds is 3. The van der Waals surface area contributed by atoms with Gasteiger partial charge in [0.15, 0.2) is 0 Å². The van der Waals surface area contributed by atoms with Gasteiger partial charge in [-0.1, -0.05) is 17.7 Å². The Morgan fingerprint density at radius 2 is 2.21 bits per heavy atom. The summed E-state index contributed by atoms with van der Waals surface area (Å²) in [4.78, 5) is 17.8. The summed E-state index contributed by atoms with van der Waals surface area (Å²) in [7, 11) is 0. The Kier molecular flexibility index (Phi) is 4.02. The lowest BCUT2D eigenvalue weighted by molar-refractivity contribution is 0.0988. The van der Waals surface area contributed by atoms with Crippen LogP contribution in [0.5, 0.6) is 5.75 Å². The Bertz CT molecular complexity index is 602. The zero-order chi connectivity index (χ0) is 13.8. The molecule has 0 spiro atoms. The molecule has 1 heterocycles. The van der Waals surface area contributed by atoms with E-state index in [2.05, 4.69) is 4.98 Å². The number of carbonyl (C=O) groups excluding carboxylic acids is 1. The van der Waals surface area contributed by atoms with Gasteiger partial charge in [-0.05, 0) is 25.1 Å². The lowest BCUT2D eigenvalue weighted by Gasteiger charge is -2.21. The van der Waals surface area contributed by atoms with Crippen molar-refractivity contribution in [2.24, 2.45) is 0 Å². The highest BCUT2D eigenvalue weighted by Crippen LogP contribution is 2.23. The molecule has 5 heteroatoms. The number of benzene rings is 1. The normalized spacial score (nSPS) is 10.2. The predicted molar refractivity (Wildman–Crippen MR) is 74.7 cm³/mol. The Balaban J connectivity index is 2.38. The molecule has 1 aromatic carbocycles. The number of carbonyl (C=O) groups is 1. The van der Waals surface area contributed by atoms with Gasteiger partial charge in [0.05, 0.1) is 10.6 Å². The first-order chi connectivity index (χ1) is 9.13. The van der Waals surface area contributed by atoms with Crippen LogP contribution in [0.15, 0.2) is 42.7 Å². The summed E-state index contributed by atoms with van der Waals surface area (Å²) in [5.74, 6) is -0.106. The van der Waals surface area contributed by atoms with Gasteiger partial charge in [0, 0.05) is 30.7 Å². The second-order valence-electron chi connectivity index (χ2n) is 3.92. The van der Waals surface area contributed by atoms with Gasteiger partial charge in [-0.3, -0.25) is 9.78 Å². The van der Waals surface area contributed by atoms with Gasteiger partial charge < -0.3 is 10.0 Å². The third-order valence-electron chi connectivity index (χ3n) is 2.71. The minimum absolute atomic E-state index is 0.115. The fourth-order valence-corrected chi connectivity index (χ4v) is 2.00. The van der Waals surface area contributed by atoms with E-state index in [1.165, 1.54) is 18.5 Å². The van der Waals surface area contributed by atoms with Crippen LogP contribution in [0.3, 0.4) is 0 Å².